The number of furan rings is 1. The summed E-state index contributed by atoms with van der Waals surface area (Å²) in [6.45, 7) is 1.47. The summed E-state index contributed by atoms with van der Waals surface area (Å²) in [5.41, 5.74) is 1.15. The zero-order chi connectivity index (χ0) is 9.10. The lowest BCUT2D eigenvalue weighted by Crippen LogP contribution is -2.15. The maximum absolute atomic E-state index is 5.35. The molecule has 13 heavy (non-hydrogen) atoms. The molecule has 1 aromatic rings. The van der Waals surface area contributed by atoms with Gasteiger partial charge in [-0.05, 0) is 18.9 Å². The molecule has 0 atom stereocenters. The van der Waals surface area contributed by atoms with Crippen molar-refractivity contribution in [2.45, 2.75) is 32.0 Å². The quantitative estimate of drug-likeness (QED) is 0.750. The monoisotopic (exact) mass is 181 g/mol. The smallest absolute Gasteiger partial charge is 0.123 e. The molecule has 1 aromatic heterocycles. The van der Waals surface area contributed by atoms with Crippen molar-refractivity contribution in [3.8, 4) is 0 Å². The van der Waals surface area contributed by atoms with Gasteiger partial charge in [-0.3, -0.25) is 0 Å². The number of hydrogen-bond acceptors (Lipinski definition) is 3. The van der Waals surface area contributed by atoms with Gasteiger partial charge in [0, 0.05) is 18.7 Å². The molecule has 0 aromatic carbocycles. The van der Waals surface area contributed by atoms with Gasteiger partial charge in [0.25, 0.3) is 0 Å². The third-order valence-electron chi connectivity index (χ3n) is 2.27. The fraction of sp³-hybridized carbons (Fsp3) is 0.600. The molecule has 3 heteroatoms. The van der Waals surface area contributed by atoms with Gasteiger partial charge in [0.15, 0.2) is 0 Å². The van der Waals surface area contributed by atoms with E-state index >= 15 is 0 Å². The highest BCUT2D eigenvalue weighted by Gasteiger charge is 2.21. The fourth-order valence-corrected chi connectivity index (χ4v) is 1.33. The summed E-state index contributed by atoms with van der Waals surface area (Å²) in [6, 6.07) is 2.69. The van der Waals surface area contributed by atoms with Crippen molar-refractivity contribution in [3.05, 3.63) is 23.7 Å². The zero-order valence-electron chi connectivity index (χ0n) is 7.88. The number of methoxy groups -OCH3 is 1. The molecule has 0 unspecified atom stereocenters. The normalized spacial score (nSPS) is 16.4. The van der Waals surface area contributed by atoms with Crippen molar-refractivity contribution < 1.29 is 9.15 Å². The molecular weight excluding hydrogens is 166 g/mol. The van der Waals surface area contributed by atoms with E-state index in [1.807, 2.05) is 6.07 Å². The summed E-state index contributed by atoms with van der Waals surface area (Å²) in [4.78, 5) is 0. The molecule has 0 saturated heterocycles. The highest BCUT2D eigenvalue weighted by Crippen LogP contribution is 2.20. The first-order valence-corrected chi connectivity index (χ1v) is 4.67. The number of rotatable bonds is 5. The van der Waals surface area contributed by atoms with Crippen molar-refractivity contribution in [1.29, 1.82) is 0 Å². The molecule has 0 amide bonds. The van der Waals surface area contributed by atoms with Gasteiger partial charge in [0.2, 0.25) is 0 Å². The van der Waals surface area contributed by atoms with E-state index in [9.17, 15) is 0 Å². The van der Waals surface area contributed by atoms with Crippen LogP contribution in [0.15, 0.2) is 16.7 Å². The van der Waals surface area contributed by atoms with Crippen LogP contribution in [0.25, 0.3) is 0 Å². The minimum atomic E-state index is 0.637. The molecule has 1 aliphatic carbocycles. The average molecular weight is 181 g/mol. The van der Waals surface area contributed by atoms with Crippen LogP contribution in [0.2, 0.25) is 0 Å². The Morgan fingerprint density at radius 1 is 1.62 bits per heavy atom. The van der Waals surface area contributed by atoms with Crippen LogP contribution in [0.3, 0.4) is 0 Å². The molecule has 0 spiro atoms. The SMILES string of the molecule is COCc1ccoc1CNC1CC1. The highest BCUT2D eigenvalue weighted by molar-refractivity contribution is 5.16. The second-order valence-electron chi connectivity index (χ2n) is 3.46. The van der Waals surface area contributed by atoms with Crippen LogP contribution in [0.1, 0.15) is 24.2 Å². The van der Waals surface area contributed by atoms with Crippen LogP contribution in [-0.4, -0.2) is 13.2 Å². The molecule has 0 aliphatic heterocycles. The first-order valence-electron chi connectivity index (χ1n) is 4.67. The van der Waals surface area contributed by atoms with E-state index in [1.54, 1.807) is 13.4 Å². The maximum atomic E-state index is 5.35. The van der Waals surface area contributed by atoms with Crippen molar-refractivity contribution in [2.24, 2.45) is 0 Å². The summed E-state index contributed by atoms with van der Waals surface area (Å²) in [5, 5.41) is 3.41. The van der Waals surface area contributed by atoms with Crippen LogP contribution in [0.5, 0.6) is 0 Å². The Bertz CT molecular complexity index is 266. The molecular formula is C10H15NO2. The summed E-state index contributed by atoms with van der Waals surface area (Å²) < 4.78 is 10.4. The van der Waals surface area contributed by atoms with Crippen LogP contribution in [-0.2, 0) is 17.9 Å². The van der Waals surface area contributed by atoms with Gasteiger partial charge in [-0.25, -0.2) is 0 Å². The summed E-state index contributed by atoms with van der Waals surface area (Å²) >= 11 is 0. The van der Waals surface area contributed by atoms with Crippen molar-refractivity contribution >= 4 is 0 Å². The van der Waals surface area contributed by atoms with Gasteiger partial charge in [-0.2, -0.15) is 0 Å². The third kappa shape index (κ3) is 2.32. The topological polar surface area (TPSA) is 34.4 Å². The first-order chi connectivity index (χ1) is 6.40. The lowest BCUT2D eigenvalue weighted by Gasteiger charge is -2.02. The van der Waals surface area contributed by atoms with E-state index in [0.717, 1.165) is 23.9 Å². The Hall–Kier alpha value is -0.800. The van der Waals surface area contributed by atoms with E-state index in [4.69, 9.17) is 9.15 Å². The molecule has 72 valence electrons. The van der Waals surface area contributed by atoms with Gasteiger partial charge in [-0.1, -0.05) is 0 Å². The summed E-state index contributed by atoms with van der Waals surface area (Å²) in [5.74, 6) is 1.01. The molecule has 2 rings (SSSR count). The summed E-state index contributed by atoms with van der Waals surface area (Å²) in [6.07, 6.45) is 4.33. The molecule has 1 heterocycles. The molecule has 3 nitrogen and oxygen atoms in total. The van der Waals surface area contributed by atoms with Crippen molar-refractivity contribution in [2.75, 3.05) is 7.11 Å². The van der Waals surface area contributed by atoms with E-state index in [0.29, 0.717) is 6.61 Å². The van der Waals surface area contributed by atoms with Gasteiger partial charge in [0.1, 0.15) is 5.76 Å². The zero-order valence-corrected chi connectivity index (χ0v) is 7.88. The van der Waals surface area contributed by atoms with Gasteiger partial charge in [0.05, 0.1) is 19.4 Å². The standard InChI is InChI=1S/C10H15NO2/c1-12-7-8-4-5-13-10(8)6-11-9-2-3-9/h4-5,9,11H,2-3,6-7H2,1H3. The predicted molar refractivity (Wildman–Crippen MR) is 49.3 cm³/mol. The maximum Gasteiger partial charge on any atom is 0.123 e. The minimum Gasteiger partial charge on any atom is -0.468 e. The van der Waals surface area contributed by atoms with Crippen LogP contribution < -0.4 is 5.32 Å². The van der Waals surface area contributed by atoms with E-state index in [1.165, 1.54) is 12.8 Å². The Morgan fingerprint density at radius 3 is 3.15 bits per heavy atom. The van der Waals surface area contributed by atoms with Gasteiger partial charge >= 0.3 is 0 Å². The second-order valence-corrected chi connectivity index (χ2v) is 3.46. The molecule has 1 aliphatic rings. The van der Waals surface area contributed by atoms with Crippen LogP contribution in [0.4, 0.5) is 0 Å². The lowest BCUT2D eigenvalue weighted by atomic mass is 10.2. The Kier molecular flexibility index (Phi) is 2.66. The number of nitrogens with one attached hydrogen (secondary N) is 1. The number of hydrogen-bond donors (Lipinski definition) is 1. The largest absolute Gasteiger partial charge is 0.468 e. The van der Waals surface area contributed by atoms with Crippen LogP contribution >= 0.6 is 0 Å². The first kappa shape index (κ1) is 8.78. The Balaban J connectivity index is 1.88. The minimum absolute atomic E-state index is 0.637. The van der Waals surface area contributed by atoms with Crippen molar-refractivity contribution in [3.63, 3.8) is 0 Å². The van der Waals surface area contributed by atoms with Crippen molar-refractivity contribution in [1.82, 2.24) is 5.32 Å². The molecule has 0 radical (unpaired) electrons. The van der Waals surface area contributed by atoms with E-state index in [-0.39, 0.29) is 0 Å². The lowest BCUT2D eigenvalue weighted by molar-refractivity contribution is 0.182. The van der Waals surface area contributed by atoms with E-state index in [2.05, 4.69) is 5.32 Å². The van der Waals surface area contributed by atoms with E-state index < -0.39 is 0 Å². The van der Waals surface area contributed by atoms with Gasteiger partial charge in [-0.15, -0.1) is 0 Å². The Morgan fingerprint density at radius 2 is 2.46 bits per heavy atom. The average Bonchev–Trinajstić information content (AvgIpc) is 2.86. The third-order valence-corrected chi connectivity index (χ3v) is 2.27. The van der Waals surface area contributed by atoms with Crippen LogP contribution in [0, 0.1) is 0 Å². The fourth-order valence-electron chi connectivity index (χ4n) is 1.33. The molecule has 0 bridgehead atoms. The highest BCUT2D eigenvalue weighted by atomic mass is 16.5. The molecule has 1 fully saturated rings. The molecule has 1 N–H and O–H groups in total. The predicted octanol–water partition coefficient (Wildman–Crippen LogP) is 1.68. The summed E-state index contributed by atoms with van der Waals surface area (Å²) in [7, 11) is 1.70. The van der Waals surface area contributed by atoms with Gasteiger partial charge < -0.3 is 14.5 Å². The second kappa shape index (κ2) is 3.94. The number of ether oxygens (including phenoxy) is 1. The molecule has 1 saturated carbocycles. The Labute approximate surface area is 78.1 Å².